The first-order valence-corrected chi connectivity index (χ1v) is 5.43. The fourth-order valence-corrected chi connectivity index (χ4v) is 2.40. The zero-order chi connectivity index (χ0) is 11.8. The summed E-state index contributed by atoms with van der Waals surface area (Å²) >= 11 is 0. The first-order valence-electron chi connectivity index (χ1n) is 5.43. The van der Waals surface area contributed by atoms with Crippen LogP contribution >= 0.6 is 0 Å². The lowest BCUT2D eigenvalue weighted by atomic mass is 9.82. The Balaban J connectivity index is 2.02. The van der Waals surface area contributed by atoms with Crippen LogP contribution in [0.3, 0.4) is 0 Å². The maximum atomic E-state index is 11.9. The molecule has 1 heterocycles. The molecule has 5 heteroatoms. The third kappa shape index (κ3) is 2.19. The van der Waals surface area contributed by atoms with Gasteiger partial charge in [-0.15, -0.1) is 0 Å². The Labute approximate surface area is 92.8 Å². The minimum absolute atomic E-state index is 0.171. The Morgan fingerprint density at radius 1 is 1.38 bits per heavy atom. The summed E-state index contributed by atoms with van der Waals surface area (Å²) in [6, 6.07) is 0. The molecule has 3 N–H and O–H groups in total. The number of nitrogens with one attached hydrogen (secondary N) is 1. The predicted octanol–water partition coefficient (Wildman–Crippen LogP) is 0.119. The van der Waals surface area contributed by atoms with Gasteiger partial charge in [-0.3, -0.25) is 0 Å². The highest BCUT2D eigenvalue weighted by molar-refractivity contribution is 5.16. The third-order valence-corrected chi connectivity index (χ3v) is 3.50. The van der Waals surface area contributed by atoms with Crippen LogP contribution in [0.2, 0.25) is 0 Å². The van der Waals surface area contributed by atoms with E-state index >= 15 is 0 Å². The van der Waals surface area contributed by atoms with Crippen LogP contribution in [0.25, 0.3) is 0 Å². The molecule has 3 atom stereocenters. The average Bonchev–Trinajstić information content (AvgIpc) is 2.99. The Morgan fingerprint density at radius 2 is 2.06 bits per heavy atom. The van der Waals surface area contributed by atoms with Crippen molar-refractivity contribution in [3.05, 3.63) is 0 Å². The van der Waals surface area contributed by atoms with Gasteiger partial charge in [0.15, 0.2) is 0 Å². The molecule has 0 aromatic carbocycles. The van der Waals surface area contributed by atoms with E-state index < -0.39 is 18.6 Å². The Kier molecular flexibility index (Phi) is 3.15. The van der Waals surface area contributed by atoms with Crippen LogP contribution in [0.1, 0.15) is 19.3 Å². The zero-order valence-electron chi connectivity index (χ0n) is 8.79. The van der Waals surface area contributed by atoms with E-state index in [0.717, 1.165) is 12.8 Å². The number of aliphatic hydroxyl groups is 2. The summed E-state index contributed by atoms with van der Waals surface area (Å²) < 4.78 is 23.7. The number of hydrogen-bond acceptors (Lipinski definition) is 3. The number of β-amino-alcohol motifs (C(OH)–C–C–N with tert-alkyl or cyclic N) is 1. The van der Waals surface area contributed by atoms with Crippen molar-refractivity contribution in [1.29, 1.82) is 0 Å². The lowest BCUT2D eigenvalue weighted by Crippen LogP contribution is -2.57. The molecule has 1 saturated heterocycles. The molecule has 1 spiro atoms. The Morgan fingerprint density at radius 3 is 2.62 bits per heavy atom. The third-order valence-electron chi connectivity index (χ3n) is 3.50. The van der Waals surface area contributed by atoms with Gasteiger partial charge in [-0.2, -0.15) is 8.78 Å². The van der Waals surface area contributed by atoms with Crippen LogP contribution in [0.4, 0.5) is 8.78 Å². The van der Waals surface area contributed by atoms with Gasteiger partial charge in [0.1, 0.15) is 0 Å². The molecule has 1 saturated carbocycles. The molecule has 0 amide bonds. The van der Waals surface area contributed by atoms with Crippen LogP contribution < -0.4 is 5.32 Å². The summed E-state index contributed by atoms with van der Waals surface area (Å²) in [7, 11) is 0. The fraction of sp³-hybridized carbons (Fsp3) is 0.818. The van der Waals surface area contributed by atoms with E-state index in [1.165, 1.54) is 0 Å². The number of rotatable bonds is 1. The molecular formula is C11H15F2NO2. The lowest BCUT2D eigenvalue weighted by Gasteiger charge is -2.39. The van der Waals surface area contributed by atoms with Gasteiger partial charge in [-0.05, 0) is 18.8 Å². The van der Waals surface area contributed by atoms with Gasteiger partial charge in [-0.25, -0.2) is 0 Å². The van der Waals surface area contributed by atoms with Gasteiger partial charge >= 0.3 is 0 Å². The monoisotopic (exact) mass is 231 g/mol. The number of halogens is 2. The van der Waals surface area contributed by atoms with Crippen molar-refractivity contribution in [2.75, 3.05) is 6.54 Å². The van der Waals surface area contributed by atoms with E-state index in [4.69, 9.17) is 0 Å². The molecule has 16 heavy (non-hydrogen) atoms. The number of alkyl halides is 2. The molecule has 1 aliphatic carbocycles. The smallest absolute Gasteiger partial charge is 0.298 e. The number of aliphatic hydroxyl groups excluding tert-OH is 2. The van der Waals surface area contributed by atoms with E-state index in [0.29, 0.717) is 6.54 Å². The van der Waals surface area contributed by atoms with Crippen LogP contribution in [0, 0.1) is 17.8 Å². The molecule has 0 bridgehead atoms. The second kappa shape index (κ2) is 4.28. The second-order valence-corrected chi connectivity index (χ2v) is 4.53. The van der Waals surface area contributed by atoms with E-state index in [-0.39, 0.29) is 17.9 Å². The maximum Gasteiger partial charge on any atom is 0.298 e. The first kappa shape index (κ1) is 11.8. The SMILES string of the molecule is O[C@H]1[C@H](O)CNC2(CC2)[C@@H]1CC#CC(F)F. The summed E-state index contributed by atoms with van der Waals surface area (Å²) in [5.41, 5.74) is -0.171. The van der Waals surface area contributed by atoms with Crippen LogP contribution in [-0.4, -0.2) is 40.9 Å². The van der Waals surface area contributed by atoms with Gasteiger partial charge in [0.2, 0.25) is 0 Å². The van der Waals surface area contributed by atoms with Gasteiger partial charge in [0.25, 0.3) is 6.43 Å². The number of piperidine rings is 1. The molecule has 0 radical (unpaired) electrons. The first-order chi connectivity index (χ1) is 7.55. The van der Waals surface area contributed by atoms with Crippen molar-refractivity contribution in [3.8, 4) is 11.8 Å². The molecular weight excluding hydrogens is 216 g/mol. The van der Waals surface area contributed by atoms with E-state index in [1.807, 2.05) is 0 Å². The van der Waals surface area contributed by atoms with E-state index in [2.05, 4.69) is 11.2 Å². The summed E-state index contributed by atoms with van der Waals surface area (Å²) in [6.07, 6.45) is -2.29. The minimum Gasteiger partial charge on any atom is -0.390 e. The highest BCUT2D eigenvalue weighted by Gasteiger charge is 2.55. The Hall–Kier alpha value is -0.700. The Bertz CT molecular complexity index is 320. The molecule has 1 aliphatic heterocycles. The highest BCUT2D eigenvalue weighted by Crippen LogP contribution is 2.47. The van der Waals surface area contributed by atoms with Crippen molar-refractivity contribution < 1.29 is 19.0 Å². The molecule has 0 aromatic heterocycles. The topological polar surface area (TPSA) is 52.5 Å². The summed E-state index contributed by atoms with van der Waals surface area (Å²) in [4.78, 5) is 0. The maximum absolute atomic E-state index is 11.9. The quantitative estimate of drug-likeness (QED) is 0.562. The predicted molar refractivity (Wildman–Crippen MR) is 53.9 cm³/mol. The van der Waals surface area contributed by atoms with Crippen LogP contribution in [0.15, 0.2) is 0 Å². The van der Waals surface area contributed by atoms with E-state index in [9.17, 15) is 19.0 Å². The van der Waals surface area contributed by atoms with E-state index in [1.54, 1.807) is 5.92 Å². The molecule has 90 valence electrons. The van der Waals surface area contributed by atoms with Crippen molar-refractivity contribution >= 4 is 0 Å². The molecule has 2 aliphatic rings. The zero-order valence-corrected chi connectivity index (χ0v) is 8.79. The van der Waals surface area contributed by atoms with Gasteiger partial charge in [-0.1, -0.05) is 5.92 Å². The van der Waals surface area contributed by atoms with Crippen LogP contribution in [0.5, 0.6) is 0 Å². The summed E-state index contributed by atoms with van der Waals surface area (Å²) in [5.74, 6) is 3.93. The number of hydrogen-bond donors (Lipinski definition) is 3. The molecule has 0 aromatic rings. The minimum atomic E-state index is -2.63. The standard InChI is InChI=1S/C11H15F2NO2/c12-9(13)3-1-2-7-10(16)8(15)6-14-11(7)4-5-11/h7-10,14-16H,2,4-6H2/t7-,8-,10-/m1/s1. The summed E-state index contributed by atoms with van der Waals surface area (Å²) in [6.45, 7) is 0.361. The molecule has 2 fully saturated rings. The fourth-order valence-electron chi connectivity index (χ4n) is 2.40. The summed E-state index contributed by atoms with van der Waals surface area (Å²) in [5, 5.41) is 22.5. The lowest BCUT2D eigenvalue weighted by molar-refractivity contribution is -0.0555. The van der Waals surface area contributed by atoms with Crippen molar-refractivity contribution in [2.45, 2.75) is 43.4 Å². The van der Waals surface area contributed by atoms with Crippen molar-refractivity contribution in [1.82, 2.24) is 5.32 Å². The second-order valence-electron chi connectivity index (χ2n) is 4.53. The molecule has 0 unspecified atom stereocenters. The van der Waals surface area contributed by atoms with Gasteiger partial charge < -0.3 is 15.5 Å². The van der Waals surface area contributed by atoms with Crippen LogP contribution in [-0.2, 0) is 0 Å². The van der Waals surface area contributed by atoms with Crippen molar-refractivity contribution in [3.63, 3.8) is 0 Å². The molecule has 2 rings (SSSR count). The average molecular weight is 231 g/mol. The highest BCUT2D eigenvalue weighted by atomic mass is 19.3. The van der Waals surface area contributed by atoms with Crippen molar-refractivity contribution in [2.24, 2.45) is 5.92 Å². The molecule has 3 nitrogen and oxygen atoms in total. The van der Waals surface area contributed by atoms with Gasteiger partial charge in [0.05, 0.1) is 12.2 Å². The largest absolute Gasteiger partial charge is 0.390 e. The van der Waals surface area contributed by atoms with Gasteiger partial charge in [0, 0.05) is 24.4 Å². The normalized spacial score (nSPS) is 35.9.